The smallest absolute Gasteiger partial charge is 0.342 e. The van der Waals surface area contributed by atoms with Crippen LogP contribution in [-0.2, 0) is 9.53 Å². The molecule has 3 N–H and O–H groups in total. The van der Waals surface area contributed by atoms with Gasteiger partial charge in [0.2, 0.25) is 6.17 Å². The normalized spacial score (nSPS) is 13.2. The summed E-state index contributed by atoms with van der Waals surface area (Å²) in [6.45, 7) is 1.53. The number of halogens is 1. The lowest BCUT2D eigenvalue weighted by Crippen LogP contribution is -2.32. The number of nitriles is 1. The molecule has 1 unspecified atom stereocenters. The lowest BCUT2D eigenvalue weighted by atomic mass is 9.96. The monoisotopic (exact) mass is 282 g/mol. The maximum atomic E-state index is 13.9. The van der Waals surface area contributed by atoms with Crippen molar-refractivity contribution in [2.24, 2.45) is 5.73 Å². The van der Waals surface area contributed by atoms with E-state index in [1.807, 2.05) is 0 Å². The molecule has 7 heteroatoms. The van der Waals surface area contributed by atoms with Gasteiger partial charge < -0.3 is 20.3 Å². The lowest BCUT2D eigenvalue weighted by Gasteiger charge is -2.19. The Hall–Kier alpha value is -2.33. The van der Waals surface area contributed by atoms with E-state index >= 15 is 0 Å². The molecule has 0 amide bonds. The number of benzene rings is 1. The summed E-state index contributed by atoms with van der Waals surface area (Å²) in [6.07, 6.45) is -2.19. The molecule has 1 rings (SSSR count). The van der Waals surface area contributed by atoms with Crippen LogP contribution in [-0.4, -0.2) is 31.0 Å². The van der Waals surface area contributed by atoms with Crippen molar-refractivity contribution in [1.82, 2.24) is 0 Å². The first kappa shape index (κ1) is 15.7. The number of esters is 1. The van der Waals surface area contributed by atoms with Gasteiger partial charge in [-0.25, -0.2) is 9.18 Å². The first-order valence-electron chi connectivity index (χ1n) is 5.84. The van der Waals surface area contributed by atoms with E-state index in [-0.39, 0.29) is 23.5 Å². The van der Waals surface area contributed by atoms with Crippen LogP contribution < -0.4 is 10.5 Å². The summed E-state index contributed by atoms with van der Waals surface area (Å²) in [7, 11) is 1.30. The van der Waals surface area contributed by atoms with Gasteiger partial charge in [-0.05, 0) is 19.1 Å². The third kappa shape index (κ3) is 2.97. The Morgan fingerprint density at radius 2 is 2.25 bits per heavy atom. The van der Waals surface area contributed by atoms with E-state index < -0.39 is 23.9 Å². The van der Waals surface area contributed by atoms with Gasteiger partial charge in [-0.1, -0.05) is 0 Å². The van der Waals surface area contributed by atoms with Gasteiger partial charge in [0.15, 0.2) is 11.5 Å². The molecule has 0 saturated carbocycles. The second-order valence-corrected chi connectivity index (χ2v) is 3.87. The summed E-state index contributed by atoms with van der Waals surface area (Å²) < 4.78 is 23.3. The molecule has 20 heavy (non-hydrogen) atoms. The van der Waals surface area contributed by atoms with E-state index in [0.717, 1.165) is 0 Å². The number of methoxy groups -OCH3 is 1. The highest BCUT2D eigenvalue weighted by atomic mass is 19.1. The molecule has 0 aliphatic heterocycles. The average Bonchev–Trinajstić information content (AvgIpc) is 2.45. The van der Waals surface area contributed by atoms with Crippen molar-refractivity contribution in [3.63, 3.8) is 0 Å². The number of hydrogen-bond acceptors (Lipinski definition) is 6. The molecule has 2 atom stereocenters. The van der Waals surface area contributed by atoms with E-state index in [9.17, 15) is 14.3 Å². The number of phenols is 1. The quantitative estimate of drug-likeness (QED) is 0.785. The number of hydrogen-bond donors (Lipinski definition) is 2. The summed E-state index contributed by atoms with van der Waals surface area (Å²) in [4.78, 5) is 11.4. The SMILES string of the molecule is CCOC(=O)C(F)[C@H](N)c1c(C#N)ccc(OC)c1O. The standard InChI is InChI=1S/C13H15FN2O4/c1-3-20-13(18)10(14)11(16)9-7(6-15)4-5-8(19-2)12(9)17/h4-5,10-11,17H,3,16H2,1-2H3/t10?,11-/m1/s1. The van der Waals surface area contributed by atoms with Gasteiger partial charge in [0.25, 0.3) is 0 Å². The fourth-order valence-electron chi connectivity index (χ4n) is 1.70. The highest BCUT2D eigenvalue weighted by molar-refractivity contribution is 5.76. The summed E-state index contributed by atoms with van der Waals surface area (Å²) >= 11 is 0. The number of ether oxygens (including phenoxy) is 2. The van der Waals surface area contributed by atoms with Gasteiger partial charge in [0.05, 0.1) is 31.4 Å². The molecule has 0 radical (unpaired) electrons. The largest absolute Gasteiger partial charge is 0.504 e. The molecular formula is C13H15FN2O4. The predicted octanol–water partition coefficient (Wildman–Crippen LogP) is 1.17. The Morgan fingerprint density at radius 1 is 1.60 bits per heavy atom. The van der Waals surface area contributed by atoms with E-state index in [1.165, 1.54) is 26.2 Å². The number of carbonyl (C=O) groups is 1. The first-order valence-corrected chi connectivity index (χ1v) is 5.84. The van der Waals surface area contributed by atoms with Crippen LogP contribution in [0.25, 0.3) is 0 Å². The van der Waals surface area contributed by atoms with Crippen molar-refractivity contribution in [2.45, 2.75) is 19.1 Å². The van der Waals surface area contributed by atoms with Crippen LogP contribution in [0.15, 0.2) is 12.1 Å². The van der Waals surface area contributed by atoms with Crippen LogP contribution in [0.2, 0.25) is 0 Å². The van der Waals surface area contributed by atoms with Crippen molar-refractivity contribution in [2.75, 3.05) is 13.7 Å². The topological polar surface area (TPSA) is 106 Å². The zero-order valence-electron chi connectivity index (χ0n) is 11.1. The molecule has 0 aliphatic carbocycles. The minimum atomic E-state index is -2.19. The minimum absolute atomic E-state index is 0.00116. The van der Waals surface area contributed by atoms with E-state index in [0.29, 0.717) is 0 Å². The second kappa shape index (κ2) is 6.73. The van der Waals surface area contributed by atoms with Crippen molar-refractivity contribution in [1.29, 1.82) is 5.26 Å². The minimum Gasteiger partial charge on any atom is -0.504 e. The molecule has 0 aliphatic rings. The highest BCUT2D eigenvalue weighted by Crippen LogP contribution is 2.37. The van der Waals surface area contributed by atoms with Gasteiger partial charge in [-0.15, -0.1) is 0 Å². The number of nitrogens with zero attached hydrogens (tertiary/aromatic N) is 1. The molecule has 1 aromatic rings. The van der Waals surface area contributed by atoms with Gasteiger partial charge in [0, 0.05) is 5.56 Å². The number of aromatic hydroxyl groups is 1. The molecule has 0 heterocycles. The van der Waals surface area contributed by atoms with Gasteiger partial charge in [-0.2, -0.15) is 5.26 Å². The lowest BCUT2D eigenvalue weighted by molar-refractivity contribution is -0.149. The van der Waals surface area contributed by atoms with Crippen LogP contribution in [0.5, 0.6) is 11.5 Å². The summed E-state index contributed by atoms with van der Waals surface area (Å²) in [5, 5.41) is 18.9. The van der Waals surface area contributed by atoms with E-state index in [4.69, 9.17) is 15.7 Å². The zero-order valence-corrected chi connectivity index (χ0v) is 11.1. The fourth-order valence-corrected chi connectivity index (χ4v) is 1.70. The van der Waals surface area contributed by atoms with Crippen molar-refractivity contribution < 1.29 is 23.8 Å². The molecule has 0 saturated heterocycles. The highest BCUT2D eigenvalue weighted by Gasteiger charge is 2.32. The molecule has 108 valence electrons. The van der Waals surface area contributed by atoms with Gasteiger partial charge in [0.1, 0.15) is 0 Å². The Labute approximate surface area is 115 Å². The average molecular weight is 282 g/mol. The third-order valence-corrected chi connectivity index (χ3v) is 2.68. The summed E-state index contributed by atoms with van der Waals surface area (Å²) in [6, 6.07) is 2.93. The molecule has 0 fully saturated rings. The van der Waals surface area contributed by atoms with Crippen LogP contribution in [0.3, 0.4) is 0 Å². The first-order chi connectivity index (χ1) is 9.47. The number of phenolic OH excluding ortho intramolecular Hbond substituents is 1. The van der Waals surface area contributed by atoms with E-state index in [2.05, 4.69) is 4.74 Å². The fraction of sp³-hybridized carbons (Fsp3) is 0.385. The molecular weight excluding hydrogens is 267 g/mol. The molecule has 1 aromatic carbocycles. The number of carbonyl (C=O) groups excluding carboxylic acids is 1. The molecule has 6 nitrogen and oxygen atoms in total. The number of nitrogens with two attached hydrogens (primary N) is 1. The Bertz CT molecular complexity index is 542. The maximum Gasteiger partial charge on any atom is 0.342 e. The zero-order chi connectivity index (χ0) is 15.3. The van der Waals surface area contributed by atoms with Gasteiger partial charge in [-0.3, -0.25) is 0 Å². The summed E-state index contributed by atoms with van der Waals surface area (Å²) in [5.41, 5.74) is 5.40. The Balaban J connectivity index is 3.24. The Morgan fingerprint density at radius 3 is 2.75 bits per heavy atom. The number of rotatable bonds is 5. The third-order valence-electron chi connectivity index (χ3n) is 2.68. The van der Waals surface area contributed by atoms with Gasteiger partial charge >= 0.3 is 5.97 Å². The Kier molecular flexibility index (Phi) is 5.29. The number of alkyl halides is 1. The maximum absolute atomic E-state index is 13.9. The van der Waals surface area contributed by atoms with E-state index in [1.54, 1.807) is 6.07 Å². The van der Waals surface area contributed by atoms with Crippen LogP contribution in [0, 0.1) is 11.3 Å². The van der Waals surface area contributed by atoms with Crippen LogP contribution >= 0.6 is 0 Å². The molecule has 0 aromatic heterocycles. The van der Waals surface area contributed by atoms with Crippen LogP contribution in [0.1, 0.15) is 24.1 Å². The molecule has 0 spiro atoms. The van der Waals surface area contributed by atoms with Crippen molar-refractivity contribution in [3.05, 3.63) is 23.3 Å². The van der Waals surface area contributed by atoms with Crippen molar-refractivity contribution in [3.8, 4) is 17.6 Å². The predicted molar refractivity (Wildman–Crippen MR) is 67.8 cm³/mol. The van der Waals surface area contributed by atoms with Crippen LogP contribution in [0.4, 0.5) is 4.39 Å². The van der Waals surface area contributed by atoms with Crippen molar-refractivity contribution >= 4 is 5.97 Å². The second-order valence-electron chi connectivity index (χ2n) is 3.87. The summed E-state index contributed by atoms with van der Waals surface area (Å²) in [5.74, 6) is -1.58. The molecule has 0 bridgehead atoms.